The molecule has 0 aromatic carbocycles. The third kappa shape index (κ3) is 3.45. The Morgan fingerprint density at radius 3 is 2.50 bits per heavy atom. The van der Waals surface area contributed by atoms with Crippen molar-refractivity contribution < 1.29 is 9.53 Å². The summed E-state index contributed by atoms with van der Waals surface area (Å²) in [6, 6.07) is 0.378. The van der Waals surface area contributed by atoms with Gasteiger partial charge in [0.1, 0.15) is 0 Å². The van der Waals surface area contributed by atoms with Gasteiger partial charge in [-0.3, -0.25) is 4.79 Å². The summed E-state index contributed by atoms with van der Waals surface area (Å²) in [7, 11) is 1.72. The molecule has 0 atom stereocenters. The van der Waals surface area contributed by atoms with Crippen molar-refractivity contribution in [2.45, 2.75) is 63.0 Å². The van der Waals surface area contributed by atoms with Gasteiger partial charge in [-0.05, 0) is 50.9 Å². The van der Waals surface area contributed by atoms with Crippen LogP contribution in [0.3, 0.4) is 0 Å². The molecule has 0 unspecified atom stereocenters. The normalized spacial score (nSPS) is 30.6. The van der Waals surface area contributed by atoms with Crippen molar-refractivity contribution in [3.8, 4) is 0 Å². The minimum Gasteiger partial charge on any atom is -0.378 e. The van der Waals surface area contributed by atoms with Gasteiger partial charge < -0.3 is 15.8 Å². The lowest BCUT2D eigenvalue weighted by atomic mass is 9.77. The van der Waals surface area contributed by atoms with Crippen molar-refractivity contribution >= 4 is 5.91 Å². The fraction of sp³-hybridized carbons (Fsp3) is 0.929. The minimum absolute atomic E-state index is 0.145. The molecule has 4 heteroatoms. The highest BCUT2D eigenvalue weighted by molar-refractivity contribution is 5.77. The monoisotopic (exact) mass is 254 g/mol. The van der Waals surface area contributed by atoms with Crippen LogP contribution in [0, 0.1) is 5.92 Å². The Hall–Kier alpha value is -0.610. The number of amides is 1. The van der Waals surface area contributed by atoms with E-state index in [1.807, 2.05) is 0 Å². The largest absolute Gasteiger partial charge is 0.378 e. The van der Waals surface area contributed by atoms with E-state index in [0.717, 1.165) is 45.1 Å². The molecule has 0 aromatic rings. The lowest BCUT2D eigenvalue weighted by molar-refractivity contribution is -0.134. The van der Waals surface area contributed by atoms with Crippen LogP contribution in [-0.4, -0.2) is 31.2 Å². The lowest BCUT2D eigenvalue weighted by Gasteiger charge is -2.40. The second kappa shape index (κ2) is 6.02. The molecule has 3 N–H and O–H groups in total. The first-order chi connectivity index (χ1) is 8.63. The van der Waals surface area contributed by atoms with Gasteiger partial charge in [-0.1, -0.05) is 0 Å². The first-order valence-corrected chi connectivity index (χ1v) is 7.21. The summed E-state index contributed by atoms with van der Waals surface area (Å²) >= 11 is 0. The molecule has 0 aliphatic heterocycles. The lowest BCUT2D eigenvalue weighted by Crippen LogP contribution is -2.44. The summed E-state index contributed by atoms with van der Waals surface area (Å²) < 4.78 is 5.47. The summed E-state index contributed by atoms with van der Waals surface area (Å²) in [4.78, 5) is 11.9. The zero-order valence-corrected chi connectivity index (χ0v) is 11.4. The van der Waals surface area contributed by atoms with Gasteiger partial charge in [-0.25, -0.2) is 0 Å². The van der Waals surface area contributed by atoms with Crippen LogP contribution in [0.4, 0.5) is 0 Å². The third-order valence-electron chi connectivity index (χ3n) is 4.66. The molecule has 0 radical (unpaired) electrons. The topological polar surface area (TPSA) is 64.3 Å². The average Bonchev–Trinajstić information content (AvgIpc) is 2.33. The molecule has 1 amide bonds. The molecule has 104 valence electrons. The second-order valence-electron chi connectivity index (χ2n) is 6.00. The van der Waals surface area contributed by atoms with Crippen molar-refractivity contribution in [3.63, 3.8) is 0 Å². The molecule has 2 rings (SSSR count). The maximum Gasteiger partial charge on any atom is 0.222 e. The predicted molar refractivity (Wildman–Crippen MR) is 71.2 cm³/mol. The van der Waals surface area contributed by atoms with Crippen LogP contribution >= 0.6 is 0 Å². The molecular formula is C14H26N2O2. The van der Waals surface area contributed by atoms with Crippen LogP contribution in [0.2, 0.25) is 0 Å². The van der Waals surface area contributed by atoms with Crippen molar-refractivity contribution in [2.24, 2.45) is 11.7 Å². The molecule has 0 heterocycles. The fourth-order valence-electron chi connectivity index (χ4n) is 3.03. The van der Waals surface area contributed by atoms with Crippen molar-refractivity contribution in [3.05, 3.63) is 0 Å². The molecule has 2 aliphatic carbocycles. The van der Waals surface area contributed by atoms with Gasteiger partial charge in [-0.15, -0.1) is 0 Å². The first-order valence-electron chi connectivity index (χ1n) is 7.21. The number of rotatable bonds is 5. The fourth-order valence-corrected chi connectivity index (χ4v) is 3.03. The number of methoxy groups -OCH3 is 1. The van der Waals surface area contributed by atoms with E-state index in [1.54, 1.807) is 7.11 Å². The summed E-state index contributed by atoms with van der Waals surface area (Å²) in [6.07, 6.45) is 8.25. The maximum atomic E-state index is 11.9. The second-order valence-corrected chi connectivity index (χ2v) is 6.00. The van der Waals surface area contributed by atoms with Gasteiger partial charge >= 0.3 is 0 Å². The van der Waals surface area contributed by atoms with Gasteiger partial charge in [0, 0.05) is 19.7 Å². The highest BCUT2D eigenvalue weighted by atomic mass is 16.5. The van der Waals surface area contributed by atoms with E-state index in [2.05, 4.69) is 5.32 Å². The number of nitrogens with two attached hydrogens (primary N) is 1. The van der Waals surface area contributed by atoms with Crippen LogP contribution in [0.25, 0.3) is 0 Å². The molecule has 0 aromatic heterocycles. The molecule has 18 heavy (non-hydrogen) atoms. The van der Waals surface area contributed by atoms with Crippen molar-refractivity contribution in [1.82, 2.24) is 5.32 Å². The van der Waals surface area contributed by atoms with Crippen molar-refractivity contribution in [1.29, 1.82) is 0 Å². The van der Waals surface area contributed by atoms with Gasteiger partial charge in [0.25, 0.3) is 0 Å². The third-order valence-corrected chi connectivity index (χ3v) is 4.66. The Morgan fingerprint density at radius 1 is 1.33 bits per heavy atom. The molecule has 0 bridgehead atoms. The van der Waals surface area contributed by atoms with E-state index in [-0.39, 0.29) is 11.5 Å². The number of carbonyl (C=O) groups is 1. The van der Waals surface area contributed by atoms with E-state index < -0.39 is 0 Å². The summed E-state index contributed by atoms with van der Waals surface area (Å²) in [5, 5.41) is 3.07. The Labute approximate surface area is 110 Å². The molecule has 0 saturated heterocycles. The van der Waals surface area contributed by atoms with E-state index in [9.17, 15) is 4.79 Å². The number of ether oxygens (including phenoxy) is 1. The van der Waals surface area contributed by atoms with Crippen LogP contribution < -0.4 is 11.1 Å². The smallest absolute Gasteiger partial charge is 0.222 e. The average molecular weight is 254 g/mol. The van der Waals surface area contributed by atoms with Crippen LogP contribution in [0.5, 0.6) is 0 Å². The Balaban J connectivity index is 1.65. The summed E-state index contributed by atoms with van der Waals surface area (Å²) in [5.74, 6) is 0.764. The maximum absolute atomic E-state index is 11.9. The predicted octanol–water partition coefficient (Wildman–Crippen LogP) is 1.58. The molecule has 2 saturated carbocycles. The SMILES string of the molecule is COC1(CC(=O)NCC2CCC(N)CC2)CCC1. The van der Waals surface area contributed by atoms with E-state index >= 15 is 0 Å². The molecule has 2 aliphatic rings. The van der Waals surface area contributed by atoms with Crippen LogP contribution in [-0.2, 0) is 9.53 Å². The van der Waals surface area contributed by atoms with Crippen LogP contribution in [0.15, 0.2) is 0 Å². The zero-order valence-electron chi connectivity index (χ0n) is 11.4. The van der Waals surface area contributed by atoms with Gasteiger partial charge in [0.2, 0.25) is 5.91 Å². The van der Waals surface area contributed by atoms with Crippen molar-refractivity contribution in [2.75, 3.05) is 13.7 Å². The standard InChI is InChI=1S/C14H26N2O2/c1-18-14(7-2-8-14)9-13(17)16-10-11-3-5-12(15)6-4-11/h11-12H,2-10,15H2,1H3,(H,16,17). The first kappa shape index (κ1) is 13.8. The minimum atomic E-state index is -0.154. The van der Waals surface area contributed by atoms with E-state index in [1.165, 1.54) is 6.42 Å². The number of hydrogen-bond donors (Lipinski definition) is 2. The summed E-state index contributed by atoms with van der Waals surface area (Å²) in [6.45, 7) is 0.811. The number of hydrogen-bond acceptors (Lipinski definition) is 3. The highest BCUT2D eigenvalue weighted by Crippen LogP contribution is 2.37. The van der Waals surface area contributed by atoms with Gasteiger partial charge in [0.15, 0.2) is 0 Å². The quantitative estimate of drug-likeness (QED) is 0.783. The van der Waals surface area contributed by atoms with E-state index in [0.29, 0.717) is 18.4 Å². The zero-order chi connectivity index (χ0) is 13.0. The molecular weight excluding hydrogens is 228 g/mol. The number of nitrogens with one attached hydrogen (secondary N) is 1. The Kier molecular flexibility index (Phi) is 4.62. The molecule has 2 fully saturated rings. The van der Waals surface area contributed by atoms with Gasteiger partial charge in [0.05, 0.1) is 12.0 Å². The Morgan fingerprint density at radius 2 is 2.00 bits per heavy atom. The number of carbonyl (C=O) groups excluding carboxylic acids is 1. The highest BCUT2D eigenvalue weighted by Gasteiger charge is 2.38. The Bertz CT molecular complexity index is 276. The molecule has 0 spiro atoms. The molecule has 4 nitrogen and oxygen atoms in total. The van der Waals surface area contributed by atoms with E-state index in [4.69, 9.17) is 10.5 Å². The van der Waals surface area contributed by atoms with Gasteiger partial charge in [-0.2, -0.15) is 0 Å². The van der Waals surface area contributed by atoms with Crippen LogP contribution in [0.1, 0.15) is 51.4 Å². The summed E-state index contributed by atoms with van der Waals surface area (Å²) in [5.41, 5.74) is 5.72.